The van der Waals surface area contributed by atoms with Crippen molar-refractivity contribution in [1.82, 2.24) is 5.32 Å². The van der Waals surface area contributed by atoms with E-state index in [2.05, 4.69) is 68.4 Å². The van der Waals surface area contributed by atoms with E-state index < -0.39 is 0 Å². The minimum atomic E-state index is 0.324. The molecule has 1 unspecified atom stereocenters. The van der Waals surface area contributed by atoms with Gasteiger partial charge in [-0.3, -0.25) is 0 Å². The van der Waals surface area contributed by atoms with E-state index in [-0.39, 0.29) is 0 Å². The molecule has 0 spiro atoms. The van der Waals surface area contributed by atoms with Crippen molar-refractivity contribution in [3.8, 4) is 5.75 Å². The molecule has 0 heterocycles. The minimum absolute atomic E-state index is 0.324. The molecule has 0 aliphatic rings. The largest absolute Gasteiger partial charge is 0.488 e. The highest BCUT2D eigenvalue weighted by atomic mass is 79.9. The van der Waals surface area contributed by atoms with Gasteiger partial charge in [-0.15, -0.1) is 0 Å². The van der Waals surface area contributed by atoms with E-state index in [1.54, 1.807) is 0 Å². The fraction of sp³-hybridized carbons (Fsp3) is 0.250. The maximum atomic E-state index is 5.86. The van der Waals surface area contributed by atoms with Crippen LogP contribution in [0, 0.1) is 0 Å². The van der Waals surface area contributed by atoms with E-state index in [0.717, 1.165) is 20.3 Å². The molecular weight excluding hydrogens is 382 g/mol. The van der Waals surface area contributed by atoms with Crippen LogP contribution in [-0.4, -0.2) is 7.05 Å². The Hall–Kier alpha value is -0.840. The Bertz CT molecular complexity index is 586. The maximum absolute atomic E-state index is 5.86. The average molecular weight is 399 g/mol. The number of halogens is 2. The van der Waals surface area contributed by atoms with Crippen molar-refractivity contribution in [3.63, 3.8) is 0 Å². The van der Waals surface area contributed by atoms with Gasteiger partial charge in [0.25, 0.3) is 0 Å². The Morgan fingerprint density at radius 1 is 1.15 bits per heavy atom. The van der Waals surface area contributed by atoms with E-state index in [1.807, 2.05) is 25.2 Å². The molecule has 2 aromatic rings. The molecule has 2 nitrogen and oxygen atoms in total. The van der Waals surface area contributed by atoms with E-state index in [1.165, 1.54) is 5.56 Å². The van der Waals surface area contributed by atoms with Crippen molar-refractivity contribution in [2.75, 3.05) is 7.05 Å². The summed E-state index contributed by atoms with van der Waals surface area (Å²) in [5.74, 6) is 0.858. The molecule has 0 aliphatic carbocycles. The highest BCUT2D eigenvalue weighted by Gasteiger charge is 2.07. The Morgan fingerprint density at radius 3 is 2.60 bits per heavy atom. The van der Waals surface area contributed by atoms with E-state index >= 15 is 0 Å². The van der Waals surface area contributed by atoms with Crippen LogP contribution >= 0.6 is 31.9 Å². The zero-order chi connectivity index (χ0) is 14.5. The number of rotatable bonds is 5. The summed E-state index contributed by atoms with van der Waals surface area (Å²) in [7, 11) is 1.95. The summed E-state index contributed by atoms with van der Waals surface area (Å²) >= 11 is 7.04. The van der Waals surface area contributed by atoms with Gasteiger partial charge in [-0.05, 0) is 65.3 Å². The van der Waals surface area contributed by atoms with Crippen molar-refractivity contribution >= 4 is 31.9 Å². The molecule has 0 aliphatic heterocycles. The Balaban J connectivity index is 2.07. The normalized spacial score (nSPS) is 12.2. The Kier molecular flexibility index (Phi) is 5.64. The van der Waals surface area contributed by atoms with Gasteiger partial charge in [0.1, 0.15) is 12.4 Å². The molecule has 1 atom stereocenters. The third-order valence-electron chi connectivity index (χ3n) is 3.17. The lowest BCUT2D eigenvalue weighted by molar-refractivity contribution is 0.304. The second-order valence-corrected chi connectivity index (χ2v) is 6.39. The molecule has 20 heavy (non-hydrogen) atoms. The fourth-order valence-corrected chi connectivity index (χ4v) is 2.82. The highest BCUT2D eigenvalue weighted by molar-refractivity contribution is 9.10. The molecule has 0 bridgehead atoms. The summed E-state index contributed by atoms with van der Waals surface area (Å²) in [6, 6.07) is 14.6. The van der Waals surface area contributed by atoms with Gasteiger partial charge in [0, 0.05) is 10.5 Å². The highest BCUT2D eigenvalue weighted by Crippen LogP contribution is 2.29. The van der Waals surface area contributed by atoms with Crippen LogP contribution in [0.5, 0.6) is 5.75 Å². The number of nitrogens with one attached hydrogen (secondary N) is 1. The molecule has 2 rings (SSSR count). The third-order valence-corrected chi connectivity index (χ3v) is 4.29. The predicted molar refractivity (Wildman–Crippen MR) is 90.1 cm³/mol. The predicted octanol–water partition coefficient (Wildman–Crippen LogP) is 5.07. The van der Waals surface area contributed by atoms with E-state index in [4.69, 9.17) is 4.74 Å². The molecule has 0 saturated heterocycles. The zero-order valence-electron chi connectivity index (χ0n) is 11.5. The average Bonchev–Trinajstić information content (AvgIpc) is 2.45. The van der Waals surface area contributed by atoms with Crippen LogP contribution < -0.4 is 10.1 Å². The zero-order valence-corrected chi connectivity index (χ0v) is 14.7. The standard InChI is InChI=1S/C16H17Br2NO/c1-11(19-2)13-6-7-16(15(18)9-13)20-10-12-4-3-5-14(17)8-12/h3-9,11,19H,10H2,1-2H3. The van der Waals surface area contributed by atoms with Crippen LogP contribution in [-0.2, 0) is 6.61 Å². The number of hydrogen-bond donors (Lipinski definition) is 1. The summed E-state index contributed by atoms with van der Waals surface area (Å²) in [5.41, 5.74) is 2.37. The lowest BCUT2D eigenvalue weighted by atomic mass is 10.1. The van der Waals surface area contributed by atoms with Crippen molar-refractivity contribution in [1.29, 1.82) is 0 Å². The summed E-state index contributed by atoms with van der Waals surface area (Å²) in [5, 5.41) is 3.23. The van der Waals surface area contributed by atoms with Crippen LogP contribution in [0.25, 0.3) is 0 Å². The molecule has 2 aromatic carbocycles. The van der Waals surface area contributed by atoms with Crippen molar-refractivity contribution in [3.05, 3.63) is 62.5 Å². The first-order chi connectivity index (χ1) is 9.60. The van der Waals surface area contributed by atoms with Gasteiger partial charge in [-0.1, -0.05) is 34.1 Å². The van der Waals surface area contributed by atoms with Gasteiger partial charge in [-0.25, -0.2) is 0 Å². The van der Waals surface area contributed by atoms with Crippen LogP contribution in [0.3, 0.4) is 0 Å². The van der Waals surface area contributed by atoms with Crippen LogP contribution in [0.1, 0.15) is 24.1 Å². The van der Waals surface area contributed by atoms with Gasteiger partial charge in [-0.2, -0.15) is 0 Å². The minimum Gasteiger partial charge on any atom is -0.488 e. The quantitative estimate of drug-likeness (QED) is 0.758. The first-order valence-corrected chi connectivity index (χ1v) is 8.02. The summed E-state index contributed by atoms with van der Waals surface area (Å²) < 4.78 is 7.90. The summed E-state index contributed by atoms with van der Waals surface area (Å²) in [6.07, 6.45) is 0. The fourth-order valence-electron chi connectivity index (χ4n) is 1.86. The monoisotopic (exact) mass is 397 g/mol. The SMILES string of the molecule is CNC(C)c1ccc(OCc2cccc(Br)c2)c(Br)c1. The van der Waals surface area contributed by atoms with Crippen molar-refractivity contribution < 1.29 is 4.74 Å². The molecule has 0 fully saturated rings. The van der Waals surface area contributed by atoms with Crippen molar-refractivity contribution in [2.45, 2.75) is 19.6 Å². The Labute approximate surface area is 136 Å². The third kappa shape index (κ3) is 4.08. The topological polar surface area (TPSA) is 21.3 Å². The molecule has 0 aromatic heterocycles. The van der Waals surface area contributed by atoms with Gasteiger partial charge in [0.2, 0.25) is 0 Å². The molecule has 106 valence electrons. The lowest BCUT2D eigenvalue weighted by Gasteiger charge is -2.14. The Morgan fingerprint density at radius 2 is 1.95 bits per heavy atom. The molecule has 4 heteroatoms. The number of ether oxygens (including phenoxy) is 1. The first-order valence-electron chi connectivity index (χ1n) is 6.44. The van der Waals surface area contributed by atoms with Crippen molar-refractivity contribution in [2.24, 2.45) is 0 Å². The second kappa shape index (κ2) is 7.25. The molecule has 0 saturated carbocycles. The van der Waals surface area contributed by atoms with Gasteiger partial charge >= 0.3 is 0 Å². The van der Waals surface area contributed by atoms with Crippen LogP contribution in [0.15, 0.2) is 51.4 Å². The number of hydrogen-bond acceptors (Lipinski definition) is 2. The van der Waals surface area contributed by atoms with Crippen LogP contribution in [0.2, 0.25) is 0 Å². The van der Waals surface area contributed by atoms with Gasteiger partial charge < -0.3 is 10.1 Å². The summed E-state index contributed by atoms with van der Waals surface area (Å²) in [6.45, 7) is 2.68. The summed E-state index contributed by atoms with van der Waals surface area (Å²) in [4.78, 5) is 0. The molecule has 0 radical (unpaired) electrons. The molecule has 0 amide bonds. The second-order valence-electron chi connectivity index (χ2n) is 4.62. The van der Waals surface area contributed by atoms with Gasteiger partial charge in [0.15, 0.2) is 0 Å². The lowest BCUT2D eigenvalue weighted by Crippen LogP contribution is -2.12. The van der Waals surface area contributed by atoms with E-state index in [9.17, 15) is 0 Å². The van der Waals surface area contributed by atoms with E-state index in [0.29, 0.717) is 12.6 Å². The molecular formula is C16H17Br2NO. The first kappa shape index (κ1) is 15.5. The maximum Gasteiger partial charge on any atom is 0.134 e. The molecule has 1 N–H and O–H groups in total. The smallest absolute Gasteiger partial charge is 0.134 e. The number of benzene rings is 2. The van der Waals surface area contributed by atoms with Gasteiger partial charge in [0.05, 0.1) is 4.47 Å². The van der Waals surface area contributed by atoms with Crippen LogP contribution in [0.4, 0.5) is 0 Å².